The van der Waals surface area contributed by atoms with Gasteiger partial charge in [0.15, 0.2) is 0 Å². The van der Waals surface area contributed by atoms with Gasteiger partial charge in [-0.05, 0) is 57.8 Å². The maximum Gasteiger partial charge on any atom is 0.329 e. The lowest BCUT2D eigenvalue weighted by molar-refractivity contribution is -0.147. The van der Waals surface area contributed by atoms with E-state index in [4.69, 9.17) is 0 Å². The maximum absolute atomic E-state index is 12.6. The quantitative estimate of drug-likeness (QED) is 0.848. The highest BCUT2D eigenvalue weighted by molar-refractivity contribution is 5.85. The van der Waals surface area contributed by atoms with Gasteiger partial charge in [0.25, 0.3) is 0 Å². The number of hydrogen-bond acceptors (Lipinski definition) is 2. The molecule has 0 aliphatic heterocycles. The van der Waals surface area contributed by atoms with Crippen LogP contribution < -0.4 is 0 Å². The first-order valence-electron chi connectivity index (χ1n) is 8.03. The van der Waals surface area contributed by atoms with Gasteiger partial charge in [0.2, 0.25) is 0 Å². The van der Waals surface area contributed by atoms with Crippen LogP contribution in [0.4, 0.5) is 4.79 Å². The number of urea groups is 1. The lowest BCUT2D eigenvalue weighted by Crippen LogP contribution is -2.56. The Labute approximate surface area is 127 Å². The molecule has 2 aliphatic rings. The Morgan fingerprint density at radius 2 is 1.90 bits per heavy atom. The molecule has 0 aromatic heterocycles. The van der Waals surface area contributed by atoms with Gasteiger partial charge in [-0.1, -0.05) is 6.42 Å². The van der Waals surface area contributed by atoms with Crippen molar-refractivity contribution in [1.29, 1.82) is 0 Å². The van der Waals surface area contributed by atoms with Crippen LogP contribution in [0, 0.1) is 17.8 Å². The molecule has 2 amide bonds. The van der Waals surface area contributed by atoms with Gasteiger partial charge >= 0.3 is 12.0 Å². The highest BCUT2D eigenvalue weighted by atomic mass is 16.4. The third-order valence-electron chi connectivity index (χ3n) is 5.46. The van der Waals surface area contributed by atoms with Crippen molar-refractivity contribution < 1.29 is 14.7 Å². The SMILES string of the molecule is CCN(C(=O)N(C)CC1CC2CCC1C2)C(C)(C)C(=O)O. The minimum absolute atomic E-state index is 0.173. The summed E-state index contributed by atoms with van der Waals surface area (Å²) in [5, 5.41) is 9.33. The summed E-state index contributed by atoms with van der Waals surface area (Å²) in [6.45, 7) is 6.16. The molecule has 0 saturated heterocycles. The Balaban J connectivity index is 1.99. The molecule has 2 rings (SSSR count). The minimum atomic E-state index is -1.17. The summed E-state index contributed by atoms with van der Waals surface area (Å²) in [7, 11) is 1.80. The smallest absolute Gasteiger partial charge is 0.329 e. The first-order chi connectivity index (χ1) is 9.77. The molecule has 5 nitrogen and oxygen atoms in total. The second-order valence-corrected chi connectivity index (χ2v) is 7.21. The second kappa shape index (κ2) is 5.85. The lowest BCUT2D eigenvalue weighted by atomic mass is 9.88. The Bertz CT molecular complexity index is 422. The lowest BCUT2D eigenvalue weighted by Gasteiger charge is -2.38. The maximum atomic E-state index is 12.6. The summed E-state index contributed by atoms with van der Waals surface area (Å²) in [6, 6.07) is -0.173. The van der Waals surface area contributed by atoms with E-state index in [0.29, 0.717) is 12.5 Å². The van der Waals surface area contributed by atoms with E-state index in [1.54, 1.807) is 25.8 Å². The van der Waals surface area contributed by atoms with E-state index in [0.717, 1.165) is 18.4 Å². The van der Waals surface area contributed by atoms with Crippen molar-refractivity contribution in [2.24, 2.45) is 17.8 Å². The van der Waals surface area contributed by atoms with Crippen LogP contribution in [0.1, 0.15) is 46.5 Å². The van der Waals surface area contributed by atoms with Crippen molar-refractivity contribution >= 4 is 12.0 Å². The van der Waals surface area contributed by atoms with Gasteiger partial charge in [0.05, 0.1) is 0 Å². The molecule has 0 aromatic rings. The zero-order valence-corrected chi connectivity index (χ0v) is 13.6. The number of rotatable bonds is 5. The molecule has 0 heterocycles. The topological polar surface area (TPSA) is 60.9 Å². The van der Waals surface area contributed by atoms with Crippen molar-refractivity contribution in [2.75, 3.05) is 20.1 Å². The molecule has 2 aliphatic carbocycles. The summed E-state index contributed by atoms with van der Waals surface area (Å²) in [6.07, 6.45) is 5.21. The number of nitrogens with zero attached hydrogens (tertiary/aromatic N) is 2. The Kier molecular flexibility index (Phi) is 4.49. The van der Waals surface area contributed by atoms with Gasteiger partial charge < -0.3 is 14.9 Å². The van der Waals surface area contributed by atoms with Crippen LogP contribution in [0.3, 0.4) is 0 Å². The number of carboxylic acid groups (broad SMARTS) is 1. The van der Waals surface area contributed by atoms with E-state index in [1.807, 2.05) is 6.92 Å². The van der Waals surface area contributed by atoms with E-state index in [9.17, 15) is 14.7 Å². The molecule has 3 atom stereocenters. The van der Waals surface area contributed by atoms with Gasteiger partial charge in [-0.2, -0.15) is 0 Å². The molecule has 0 aromatic carbocycles. The molecule has 21 heavy (non-hydrogen) atoms. The summed E-state index contributed by atoms with van der Waals surface area (Å²) in [5.41, 5.74) is -1.17. The monoisotopic (exact) mass is 296 g/mol. The number of likely N-dealkylation sites (N-methyl/N-ethyl adjacent to an activating group) is 1. The van der Waals surface area contributed by atoms with Crippen LogP contribution in [0.5, 0.6) is 0 Å². The molecule has 1 N–H and O–H groups in total. The zero-order valence-electron chi connectivity index (χ0n) is 13.6. The summed E-state index contributed by atoms with van der Waals surface area (Å²) >= 11 is 0. The minimum Gasteiger partial charge on any atom is -0.480 e. The number of carboxylic acids is 1. The predicted octanol–water partition coefficient (Wildman–Crippen LogP) is 2.66. The van der Waals surface area contributed by atoms with Gasteiger partial charge in [-0.25, -0.2) is 9.59 Å². The van der Waals surface area contributed by atoms with Crippen molar-refractivity contribution in [1.82, 2.24) is 9.80 Å². The Morgan fingerprint density at radius 1 is 1.24 bits per heavy atom. The molecule has 0 radical (unpaired) electrons. The van der Waals surface area contributed by atoms with Crippen LogP contribution >= 0.6 is 0 Å². The van der Waals surface area contributed by atoms with Crippen molar-refractivity contribution in [3.05, 3.63) is 0 Å². The first-order valence-corrected chi connectivity index (χ1v) is 8.03. The summed E-state index contributed by atoms with van der Waals surface area (Å²) < 4.78 is 0. The van der Waals surface area contributed by atoms with Crippen LogP contribution in [0.2, 0.25) is 0 Å². The van der Waals surface area contributed by atoms with Crippen LogP contribution in [0.25, 0.3) is 0 Å². The van der Waals surface area contributed by atoms with Gasteiger partial charge in [0, 0.05) is 20.1 Å². The van der Waals surface area contributed by atoms with Gasteiger partial charge in [0.1, 0.15) is 5.54 Å². The number of fused-ring (bicyclic) bond motifs is 2. The third-order valence-corrected chi connectivity index (χ3v) is 5.46. The molecule has 5 heteroatoms. The van der Waals surface area contributed by atoms with Crippen LogP contribution in [-0.4, -0.2) is 52.6 Å². The van der Waals surface area contributed by atoms with E-state index >= 15 is 0 Å². The third kappa shape index (κ3) is 3.01. The Morgan fingerprint density at radius 3 is 2.33 bits per heavy atom. The summed E-state index contributed by atoms with van der Waals surface area (Å²) in [5.74, 6) is 1.27. The van der Waals surface area contributed by atoms with Crippen molar-refractivity contribution in [3.8, 4) is 0 Å². The molecular weight excluding hydrogens is 268 g/mol. The van der Waals surface area contributed by atoms with Crippen molar-refractivity contribution in [2.45, 2.75) is 52.0 Å². The number of amides is 2. The molecule has 2 bridgehead atoms. The van der Waals surface area contributed by atoms with E-state index in [1.165, 1.54) is 30.6 Å². The zero-order chi connectivity index (χ0) is 15.8. The fraction of sp³-hybridized carbons (Fsp3) is 0.875. The van der Waals surface area contributed by atoms with E-state index < -0.39 is 11.5 Å². The average molecular weight is 296 g/mol. The molecule has 2 fully saturated rings. The summed E-state index contributed by atoms with van der Waals surface area (Å²) in [4.78, 5) is 27.2. The normalized spacial score (nSPS) is 27.7. The molecule has 2 saturated carbocycles. The average Bonchev–Trinajstić information content (AvgIpc) is 3.01. The van der Waals surface area contributed by atoms with Crippen LogP contribution in [-0.2, 0) is 4.79 Å². The predicted molar refractivity (Wildman–Crippen MR) is 81.1 cm³/mol. The Hall–Kier alpha value is -1.26. The van der Waals surface area contributed by atoms with E-state index in [2.05, 4.69) is 0 Å². The van der Waals surface area contributed by atoms with Crippen LogP contribution in [0.15, 0.2) is 0 Å². The number of aliphatic carboxylic acids is 1. The molecule has 0 spiro atoms. The van der Waals surface area contributed by atoms with Gasteiger partial charge in [-0.3, -0.25) is 0 Å². The molecule has 120 valence electrons. The fourth-order valence-corrected chi connectivity index (χ4v) is 4.12. The highest BCUT2D eigenvalue weighted by Crippen LogP contribution is 2.48. The molecular formula is C16H28N2O3. The second-order valence-electron chi connectivity index (χ2n) is 7.21. The standard InChI is InChI=1S/C16H28N2O3/c1-5-18(16(2,3)14(19)20)15(21)17(4)10-13-9-11-6-7-12(13)8-11/h11-13H,5-10H2,1-4H3,(H,19,20). The number of carbonyl (C=O) groups is 2. The highest BCUT2D eigenvalue weighted by Gasteiger charge is 2.42. The van der Waals surface area contributed by atoms with Crippen molar-refractivity contribution in [3.63, 3.8) is 0 Å². The number of carbonyl (C=O) groups excluding carboxylic acids is 1. The fourth-order valence-electron chi connectivity index (χ4n) is 4.12. The van der Waals surface area contributed by atoms with E-state index in [-0.39, 0.29) is 6.03 Å². The number of hydrogen-bond donors (Lipinski definition) is 1. The largest absolute Gasteiger partial charge is 0.480 e. The first kappa shape index (κ1) is 16.1. The molecule has 3 unspecified atom stereocenters. The van der Waals surface area contributed by atoms with Gasteiger partial charge in [-0.15, -0.1) is 0 Å².